The molecule has 0 fully saturated rings. The molecule has 106 valence electrons. The summed E-state index contributed by atoms with van der Waals surface area (Å²) in [6.07, 6.45) is 0. The zero-order valence-corrected chi connectivity index (χ0v) is 12.6. The Kier molecular flexibility index (Phi) is 4.34. The molecular weight excluding hydrogens is 326 g/mol. The van der Waals surface area contributed by atoms with E-state index in [0.717, 1.165) is 15.9 Å². The van der Waals surface area contributed by atoms with Gasteiger partial charge in [0.2, 0.25) is 5.76 Å². The largest absolute Gasteiger partial charge is 0.497 e. The first-order chi connectivity index (χ1) is 9.49. The zero-order chi connectivity index (χ0) is 14.7. The van der Waals surface area contributed by atoms with E-state index in [9.17, 15) is 4.79 Å². The van der Waals surface area contributed by atoms with Gasteiger partial charge in [0, 0.05) is 16.2 Å². The maximum Gasteiger partial charge on any atom is 0.371 e. The summed E-state index contributed by atoms with van der Waals surface area (Å²) in [5, 5.41) is 12.1. The summed E-state index contributed by atoms with van der Waals surface area (Å²) in [7, 11) is 1.60. The van der Waals surface area contributed by atoms with Crippen LogP contribution in [0.4, 0.5) is 5.69 Å². The van der Waals surface area contributed by atoms with E-state index >= 15 is 0 Å². The van der Waals surface area contributed by atoms with Crippen LogP contribution in [-0.4, -0.2) is 18.2 Å². The number of halogens is 1. The topological polar surface area (TPSA) is 71.7 Å². The minimum atomic E-state index is -1.08. The van der Waals surface area contributed by atoms with Gasteiger partial charge in [-0.25, -0.2) is 4.79 Å². The smallest absolute Gasteiger partial charge is 0.371 e. The Labute approximate surface area is 124 Å². The van der Waals surface area contributed by atoms with Crippen molar-refractivity contribution in [2.45, 2.75) is 13.0 Å². The van der Waals surface area contributed by atoms with E-state index in [0.29, 0.717) is 5.76 Å². The van der Waals surface area contributed by atoms with Gasteiger partial charge in [0.05, 0.1) is 13.2 Å². The third-order valence-corrected chi connectivity index (χ3v) is 3.21. The van der Waals surface area contributed by atoms with Gasteiger partial charge in [-0.15, -0.1) is 0 Å². The van der Waals surface area contributed by atoms with Crippen LogP contribution in [0.15, 0.2) is 39.2 Å². The Morgan fingerprint density at radius 1 is 1.40 bits per heavy atom. The minimum absolute atomic E-state index is 0.0690. The number of carboxylic acid groups (broad SMARTS) is 1. The summed E-state index contributed by atoms with van der Waals surface area (Å²) < 4.78 is 11.3. The standard InChI is InChI=1S/C14H14BrNO4/c1-8(12-3-4-13(20-12)14(17)18)16-10-5-9(15)6-11(7-10)19-2/h3-8,16H,1-2H3,(H,17,18). The quantitative estimate of drug-likeness (QED) is 0.863. The van der Waals surface area contributed by atoms with E-state index < -0.39 is 5.97 Å². The van der Waals surface area contributed by atoms with Crippen molar-refractivity contribution < 1.29 is 19.1 Å². The van der Waals surface area contributed by atoms with Crippen molar-refractivity contribution in [3.63, 3.8) is 0 Å². The van der Waals surface area contributed by atoms with Crippen molar-refractivity contribution in [3.05, 3.63) is 46.3 Å². The molecule has 2 rings (SSSR count). The van der Waals surface area contributed by atoms with Crippen molar-refractivity contribution in [3.8, 4) is 5.75 Å². The molecule has 0 aliphatic rings. The van der Waals surface area contributed by atoms with Crippen LogP contribution in [-0.2, 0) is 0 Å². The average Bonchev–Trinajstić information content (AvgIpc) is 2.87. The number of nitrogens with one attached hydrogen (secondary N) is 1. The number of hydrogen-bond donors (Lipinski definition) is 2. The molecule has 20 heavy (non-hydrogen) atoms. The van der Waals surface area contributed by atoms with Crippen molar-refractivity contribution in [2.75, 3.05) is 12.4 Å². The van der Waals surface area contributed by atoms with Gasteiger partial charge in [0.15, 0.2) is 0 Å². The number of furan rings is 1. The predicted octanol–water partition coefficient (Wildman–Crippen LogP) is 3.92. The normalized spacial score (nSPS) is 11.9. The first kappa shape index (κ1) is 14.5. The number of carbonyl (C=O) groups is 1. The van der Waals surface area contributed by atoms with Gasteiger partial charge >= 0.3 is 5.97 Å². The van der Waals surface area contributed by atoms with Crippen LogP contribution in [0, 0.1) is 0 Å². The second-order valence-electron chi connectivity index (χ2n) is 4.25. The highest BCUT2D eigenvalue weighted by Gasteiger charge is 2.14. The number of methoxy groups -OCH3 is 1. The fourth-order valence-corrected chi connectivity index (χ4v) is 2.26. The summed E-state index contributed by atoms with van der Waals surface area (Å²) in [6.45, 7) is 1.89. The van der Waals surface area contributed by atoms with Crippen LogP contribution in [0.5, 0.6) is 5.75 Å². The predicted molar refractivity (Wildman–Crippen MR) is 78.4 cm³/mol. The molecule has 1 atom stereocenters. The Morgan fingerprint density at radius 3 is 2.75 bits per heavy atom. The summed E-state index contributed by atoms with van der Waals surface area (Å²) in [4.78, 5) is 10.8. The van der Waals surface area contributed by atoms with Crippen molar-refractivity contribution >= 4 is 27.6 Å². The van der Waals surface area contributed by atoms with Gasteiger partial charge in [-0.1, -0.05) is 15.9 Å². The van der Waals surface area contributed by atoms with Crippen molar-refractivity contribution in [1.29, 1.82) is 0 Å². The van der Waals surface area contributed by atoms with Gasteiger partial charge in [0.1, 0.15) is 11.5 Å². The molecule has 0 radical (unpaired) electrons. The third kappa shape index (κ3) is 3.33. The maximum atomic E-state index is 10.8. The van der Waals surface area contributed by atoms with Crippen LogP contribution in [0.1, 0.15) is 29.3 Å². The fourth-order valence-electron chi connectivity index (χ4n) is 1.79. The number of benzene rings is 1. The summed E-state index contributed by atoms with van der Waals surface area (Å²) in [6, 6.07) is 8.53. The lowest BCUT2D eigenvalue weighted by molar-refractivity contribution is 0.0660. The van der Waals surface area contributed by atoms with Crippen LogP contribution in [0.3, 0.4) is 0 Å². The molecule has 2 N–H and O–H groups in total. The van der Waals surface area contributed by atoms with Crippen molar-refractivity contribution in [1.82, 2.24) is 0 Å². The summed E-state index contributed by atoms with van der Waals surface area (Å²) in [5.41, 5.74) is 0.844. The second-order valence-corrected chi connectivity index (χ2v) is 5.17. The van der Waals surface area contributed by atoms with E-state index in [1.54, 1.807) is 13.2 Å². The zero-order valence-electron chi connectivity index (χ0n) is 11.0. The van der Waals surface area contributed by atoms with Crippen LogP contribution < -0.4 is 10.1 Å². The first-order valence-electron chi connectivity index (χ1n) is 5.93. The lowest BCUT2D eigenvalue weighted by Gasteiger charge is -2.14. The number of anilines is 1. The summed E-state index contributed by atoms with van der Waals surface area (Å²) in [5.74, 6) is 0.133. The molecular formula is C14H14BrNO4. The molecule has 1 aromatic carbocycles. The number of hydrogen-bond acceptors (Lipinski definition) is 4. The molecule has 0 saturated heterocycles. The molecule has 0 aliphatic heterocycles. The van der Waals surface area contributed by atoms with E-state index in [1.165, 1.54) is 6.07 Å². The molecule has 6 heteroatoms. The highest BCUT2D eigenvalue weighted by atomic mass is 79.9. The van der Waals surface area contributed by atoms with Crippen LogP contribution >= 0.6 is 15.9 Å². The Bertz CT molecular complexity index is 623. The molecule has 0 amide bonds. The molecule has 0 spiro atoms. The fraction of sp³-hybridized carbons (Fsp3) is 0.214. The van der Waals surface area contributed by atoms with E-state index in [-0.39, 0.29) is 11.8 Å². The molecule has 0 aliphatic carbocycles. The Hall–Kier alpha value is -1.95. The molecule has 1 heterocycles. The first-order valence-corrected chi connectivity index (χ1v) is 6.73. The third-order valence-electron chi connectivity index (χ3n) is 2.75. The van der Waals surface area contributed by atoms with E-state index in [2.05, 4.69) is 21.2 Å². The van der Waals surface area contributed by atoms with E-state index in [4.69, 9.17) is 14.3 Å². The lowest BCUT2D eigenvalue weighted by atomic mass is 10.2. The van der Waals surface area contributed by atoms with Gasteiger partial charge in [-0.3, -0.25) is 0 Å². The Morgan fingerprint density at radius 2 is 2.15 bits per heavy atom. The second kappa shape index (κ2) is 6.00. The highest BCUT2D eigenvalue weighted by molar-refractivity contribution is 9.10. The lowest BCUT2D eigenvalue weighted by Crippen LogP contribution is -2.06. The monoisotopic (exact) mass is 339 g/mol. The molecule has 0 bridgehead atoms. The number of aromatic carboxylic acids is 1. The van der Waals surface area contributed by atoms with E-state index in [1.807, 2.05) is 25.1 Å². The minimum Gasteiger partial charge on any atom is -0.497 e. The molecule has 0 saturated carbocycles. The number of ether oxygens (including phenoxy) is 1. The number of rotatable bonds is 5. The molecule has 1 aromatic heterocycles. The van der Waals surface area contributed by atoms with Crippen LogP contribution in [0.2, 0.25) is 0 Å². The Balaban J connectivity index is 2.16. The summed E-state index contributed by atoms with van der Waals surface area (Å²) >= 11 is 3.40. The van der Waals surface area contributed by atoms with Gasteiger partial charge in [-0.05, 0) is 31.2 Å². The van der Waals surface area contributed by atoms with Gasteiger partial charge in [0.25, 0.3) is 0 Å². The maximum absolute atomic E-state index is 10.8. The number of carboxylic acids is 1. The van der Waals surface area contributed by atoms with Gasteiger partial charge < -0.3 is 19.6 Å². The van der Waals surface area contributed by atoms with Crippen LogP contribution in [0.25, 0.3) is 0 Å². The molecule has 2 aromatic rings. The molecule has 5 nitrogen and oxygen atoms in total. The SMILES string of the molecule is COc1cc(Br)cc(NC(C)c2ccc(C(=O)O)o2)c1. The van der Waals surface area contributed by atoms with Gasteiger partial charge in [-0.2, -0.15) is 0 Å². The average molecular weight is 340 g/mol. The highest BCUT2D eigenvalue weighted by Crippen LogP contribution is 2.28. The van der Waals surface area contributed by atoms with Crippen molar-refractivity contribution in [2.24, 2.45) is 0 Å². The molecule has 1 unspecified atom stereocenters.